The number of carboxylic acid groups (broad SMARTS) is 1. The van der Waals surface area contributed by atoms with Gasteiger partial charge in [-0.25, -0.2) is 4.79 Å². The van der Waals surface area contributed by atoms with E-state index in [4.69, 9.17) is 5.11 Å². The standard InChI is InChI=1S/C10H13N3O3/c1-7(9(14)15)13-10(16)12-6-8-2-4-11-5-3-8/h2-5,7H,6H2,1H3,(H,14,15)(H2,12,13,16)/t7-/m0/s1. The molecular weight excluding hydrogens is 210 g/mol. The first kappa shape index (κ1) is 12.0. The number of pyridine rings is 1. The van der Waals surface area contributed by atoms with E-state index in [9.17, 15) is 9.59 Å². The summed E-state index contributed by atoms with van der Waals surface area (Å²) >= 11 is 0. The topological polar surface area (TPSA) is 91.3 Å². The number of hydrogen-bond donors (Lipinski definition) is 3. The lowest BCUT2D eigenvalue weighted by atomic mass is 10.3. The molecule has 1 aromatic rings. The van der Waals surface area contributed by atoms with Gasteiger partial charge in [-0.05, 0) is 24.6 Å². The van der Waals surface area contributed by atoms with Crippen molar-refractivity contribution in [3.63, 3.8) is 0 Å². The van der Waals surface area contributed by atoms with Gasteiger partial charge in [0.05, 0.1) is 0 Å². The van der Waals surface area contributed by atoms with Crippen LogP contribution in [0, 0.1) is 0 Å². The molecule has 6 nitrogen and oxygen atoms in total. The molecule has 0 bridgehead atoms. The van der Waals surface area contributed by atoms with Gasteiger partial charge in [-0.3, -0.25) is 9.78 Å². The van der Waals surface area contributed by atoms with E-state index >= 15 is 0 Å². The molecule has 1 heterocycles. The number of aromatic nitrogens is 1. The maximum Gasteiger partial charge on any atom is 0.325 e. The number of amides is 2. The molecule has 0 aliphatic rings. The van der Waals surface area contributed by atoms with Crippen LogP contribution in [0.4, 0.5) is 4.79 Å². The second-order valence-electron chi connectivity index (χ2n) is 3.24. The molecule has 1 atom stereocenters. The van der Waals surface area contributed by atoms with Crippen molar-refractivity contribution in [2.45, 2.75) is 19.5 Å². The van der Waals surface area contributed by atoms with Crippen molar-refractivity contribution in [1.82, 2.24) is 15.6 Å². The molecule has 0 spiro atoms. The van der Waals surface area contributed by atoms with Gasteiger partial charge >= 0.3 is 12.0 Å². The van der Waals surface area contributed by atoms with Crippen LogP contribution in [0.5, 0.6) is 0 Å². The van der Waals surface area contributed by atoms with Gasteiger partial charge in [-0.2, -0.15) is 0 Å². The summed E-state index contributed by atoms with van der Waals surface area (Å²) < 4.78 is 0. The average Bonchev–Trinajstić information content (AvgIpc) is 2.27. The molecule has 86 valence electrons. The lowest BCUT2D eigenvalue weighted by Gasteiger charge is -2.10. The number of aliphatic carboxylic acids is 1. The van der Waals surface area contributed by atoms with Crippen LogP contribution in [-0.2, 0) is 11.3 Å². The average molecular weight is 223 g/mol. The number of carbonyl (C=O) groups excluding carboxylic acids is 1. The van der Waals surface area contributed by atoms with E-state index < -0.39 is 18.0 Å². The summed E-state index contributed by atoms with van der Waals surface area (Å²) in [5, 5.41) is 13.4. The van der Waals surface area contributed by atoms with Crippen LogP contribution in [0.25, 0.3) is 0 Å². The van der Waals surface area contributed by atoms with E-state index in [-0.39, 0.29) is 0 Å². The molecule has 16 heavy (non-hydrogen) atoms. The Hall–Kier alpha value is -2.11. The third-order valence-corrected chi connectivity index (χ3v) is 1.92. The van der Waals surface area contributed by atoms with Crippen LogP contribution in [0.15, 0.2) is 24.5 Å². The molecule has 0 unspecified atom stereocenters. The molecule has 1 rings (SSSR count). The Morgan fingerprint density at radius 1 is 1.44 bits per heavy atom. The number of nitrogens with zero attached hydrogens (tertiary/aromatic N) is 1. The van der Waals surface area contributed by atoms with Crippen LogP contribution in [0.1, 0.15) is 12.5 Å². The Kier molecular flexibility index (Phi) is 4.26. The number of hydrogen-bond acceptors (Lipinski definition) is 3. The molecule has 0 aromatic carbocycles. The first-order valence-corrected chi connectivity index (χ1v) is 4.75. The van der Waals surface area contributed by atoms with Crippen molar-refractivity contribution in [3.8, 4) is 0 Å². The minimum Gasteiger partial charge on any atom is -0.480 e. The van der Waals surface area contributed by atoms with Gasteiger partial charge in [0.1, 0.15) is 6.04 Å². The first-order valence-electron chi connectivity index (χ1n) is 4.75. The molecule has 0 aliphatic carbocycles. The zero-order valence-electron chi connectivity index (χ0n) is 8.80. The largest absolute Gasteiger partial charge is 0.480 e. The highest BCUT2D eigenvalue weighted by molar-refractivity contribution is 5.82. The lowest BCUT2D eigenvalue weighted by Crippen LogP contribution is -2.44. The minimum atomic E-state index is -1.07. The molecule has 1 aromatic heterocycles. The molecule has 2 amide bonds. The summed E-state index contributed by atoms with van der Waals surface area (Å²) in [6, 6.07) is 2.12. The number of nitrogens with one attached hydrogen (secondary N) is 2. The number of urea groups is 1. The van der Waals surface area contributed by atoms with Gasteiger partial charge in [0.2, 0.25) is 0 Å². The highest BCUT2D eigenvalue weighted by Crippen LogP contribution is 1.94. The highest BCUT2D eigenvalue weighted by Gasteiger charge is 2.12. The predicted octanol–water partition coefficient (Wildman–Crippen LogP) is 0.354. The fourth-order valence-electron chi connectivity index (χ4n) is 0.992. The number of carboxylic acids is 1. The normalized spacial score (nSPS) is 11.6. The summed E-state index contributed by atoms with van der Waals surface area (Å²) in [5.41, 5.74) is 0.896. The Bertz CT molecular complexity index is 367. The van der Waals surface area contributed by atoms with Crippen molar-refractivity contribution in [2.24, 2.45) is 0 Å². The maximum absolute atomic E-state index is 11.2. The van der Waals surface area contributed by atoms with E-state index in [1.807, 2.05) is 0 Å². The third-order valence-electron chi connectivity index (χ3n) is 1.92. The maximum atomic E-state index is 11.2. The fraction of sp³-hybridized carbons (Fsp3) is 0.300. The highest BCUT2D eigenvalue weighted by atomic mass is 16.4. The van der Waals surface area contributed by atoms with E-state index in [0.29, 0.717) is 6.54 Å². The van der Waals surface area contributed by atoms with Gasteiger partial charge in [0.25, 0.3) is 0 Å². The van der Waals surface area contributed by atoms with Crippen LogP contribution in [0.3, 0.4) is 0 Å². The van der Waals surface area contributed by atoms with Crippen LogP contribution in [-0.4, -0.2) is 28.1 Å². The van der Waals surface area contributed by atoms with Gasteiger partial charge < -0.3 is 15.7 Å². The summed E-state index contributed by atoms with van der Waals surface area (Å²) in [6.07, 6.45) is 3.24. The van der Waals surface area contributed by atoms with Crippen molar-refractivity contribution in [3.05, 3.63) is 30.1 Å². The first-order chi connectivity index (χ1) is 7.59. The van der Waals surface area contributed by atoms with Crippen LogP contribution >= 0.6 is 0 Å². The smallest absolute Gasteiger partial charge is 0.325 e. The van der Waals surface area contributed by atoms with Gasteiger partial charge in [0.15, 0.2) is 0 Å². The van der Waals surface area contributed by atoms with E-state index in [1.54, 1.807) is 24.5 Å². The molecule has 0 saturated carbocycles. The molecule has 0 fully saturated rings. The predicted molar refractivity (Wildman–Crippen MR) is 56.7 cm³/mol. The molecule has 0 aliphatic heterocycles. The Balaban J connectivity index is 2.33. The zero-order valence-corrected chi connectivity index (χ0v) is 8.80. The van der Waals surface area contributed by atoms with Crippen molar-refractivity contribution < 1.29 is 14.7 Å². The van der Waals surface area contributed by atoms with E-state index in [2.05, 4.69) is 15.6 Å². The van der Waals surface area contributed by atoms with Crippen LogP contribution in [0.2, 0.25) is 0 Å². The second-order valence-corrected chi connectivity index (χ2v) is 3.24. The molecule has 0 saturated heterocycles. The Morgan fingerprint density at radius 2 is 2.06 bits per heavy atom. The Morgan fingerprint density at radius 3 is 2.62 bits per heavy atom. The second kappa shape index (κ2) is 5.69. The molecular formula is C10H13N3O3. The number of rotatable bonds is 4. The minimum absolute atomic E-state index is 0.334. The van der Waals surface area contributed by atoms with Crippen molar-refractivity contribution in [1.29, 1.82) is 0 Å². The molecule has 6 heteroatoms. The summed E-state index contributed by atoms with van der Waals surface area (Å²) in [7, 11) is 0. The summed E-state index contributed by atoms with van der Waals surface area (Å²) in [4.78, 5) is 25.5. The summed E-state index contributed by atoms with van der Waals surface area (Å²) in [6.45, 7) is 1.73. The van der Waals surface area contributed by atoms with Crippen LogP contribution < -0.4 is 10.6 Å². The van der Waals surface area contributed by atoms with Gasteiger partial charge in [-0.1, -0.05) is 0 Å². The zero-order chi connectivity index (χ0) is 12.0. The van der Waals surface area contributed by atoms with Gasteiger partial charge in [-0.15, -0.1) is 0 Å². The lowest BCUT2D eigenvalue weighted by molar-refractivity contribution is -0.138. The summed E-state index contributed by atoms with van der Waals surface area (Å²) in [5.74, 6) is -1.07. The number of carbonyl (C=O) groups is 2. The molecule has 0 radical (unpaired) electrons. The van der Waals surface area contributed by atoms with Crippen molar-refractivity contribution in [2.75, 3.05) is 0 Å². The fourth-order valence-corrected chi connectivity index (χ4v) is 0.992. The molecule has 3 N–H and O–H groups in total. The Labute approximate surface area is 92.7 Å². The van der Waals surface area contributed by atoms with Crippen molar-refractivity contribution >= 4 is 12.0 Å². The van der Waals surface area contributed by atoms with Gasteiger partial charge in [0, 0.05) is 18.9 Å². The van der Waals surface area contributed by atoms with E-state index in [0.717, 1.165) is 5.56 Å². The third kappa shape index (κ3) is 3.95. The quantitative estimate of drug-likeness (QED) is 0.687. The van der Waals surface area contributed by atoms with E-state index in [1.165, 1.54) is 6.92 Å². The monoisotopic (exact) mass is 223 g/mol. The SMILES string of the molecule is C[C@H](NC(=O)NCc1ccncc1)C(=O)O.